The van der Waals surface area contributed by atoms with Gasteiger partial charge in [-0.1, -0.05) is 6.08 Å². The smallest absolute Gasteiger partial charge is 0.294 e. The monoisotopic (exact) mass is 148 g/mol. The molecule has 0 spiro atoms. The zero-order valence-corrected chi connectivity index (χ0v) is 5.14. The maximum absolute atomic E-state index is 12.2. The van der Waals surface area contributed by atoms with E-state index < -0.39 is 18.1 Å². The molecule has 0 rings (SSSR count). The van der Waals surface area contributed by atoms with E-state index in [1.165, 1.54) is 0 Å². The maximum atomic E-state index is 12.2. The number of hydrogen-bond acceptors (Lipinski definition) is 2. The molecule has 0 aromatic rings. The highest BCUT2D eigenvalue weighted by molar-refractivity contribution is 6.28. The van der Waals surface area contributed by atoms with Crippen molar-refractivity contribution >= 4 is 12.1 Å². The van der Waals surface area contributed by atoms with E-state index >= 15 is 0 Å². The Balaban J connectivity index is 4.22. The number of rotatable bonds is 4. The van der Waals surface area contributed by atoms with Gasteiger partial charge >= 0.3 is 5.92 Å². The van der Waals surface area contributed by atoms with Crippen LogP contribution in [0.3, 0.4) is 0 Å². The fraction of sp³-hybridized carbons (Fsp3) is 0.333. The molecular weight excluding hydrogens is 142 g/mol. The summed E-state index contributed by atoms with van der Waals surface area (Å²) in [6.45, 7) is 3.01. The topological polar surface area (TPSA) is 34.1 Å². The van der Waals surface area contributed by atoms with Crippen LogP contribution < -0.4 is 0 Å². The van der Waals surface area contributed by atoms with Gasteiger partial charge < -0.3 is 0 Å². The van der Waals surface area contributed by atoms with Gasteiger partial charge in [0.2, 0.25) is 0 Å². The number of carbonyl (C=O) groups is 2. The Hall–Kier alpha value is -1.06. The van der Waals surface area contributed by atoms with Crippen LogP contribution in [0, 0.1) is 0 Å². The molecule has 0 saturated carbocycles. The fourth-order valence-electron chi connectivity index (χ4n) is 0.368. The predicted molar refractivity (Wildman–Crippen MR) is 30.8 cm³/mol. The van der Waals surface area contributed by atoms with E-state index in [4.69, 9.17) is 0 Å². The Labute approximate surface area is 56.5 Å². The third kappa shape index (κ3) is 2.05. The molecule has 0 aromatic carbocycles. The summed E-state index contributed by atoms with van der Waals surface area (Å²) < 4.78 is 24.3. The summed E-state index contributed by atoms with van der Waals surface area (Å²) in [6.07, 6.45) is -0.282. The van der Waals surface area contributed by atoms with Crippen LogP contribution in [0.25, 0.3) is 0 Å². The van der Waals surface area contributed by atoms with Crippen LogP contribution in [0.15, 0.2) is 12.7 Å². The van der Waals surface area contributed by atoms with Crippen LogP contribution in [0.4, 0.5) is 8.78 Å². The average Bonchev–Trinajstić information content (AvgIpc) is 1.86. The molecule has 4 heteroatoms. The molecule has 2 nitrogen and oxygen atoms in total. The molecule has 0 aliphatic rings. The van der Waals surface area contributed by atoms with E-state index in [0.717, 1.165) is 6.08 Å². The number of halogens is 2. The van der Waals surface area contributed by atoms with Crippen molar-refractivity contribution in [3.8, 4) is 0 Å². The molecule has 0 N–H and O–H groups in total. The lowest BCUT2D eigenvalue weighted by Gasteiger charge is -2.06. The van der Waals surface area contributed by atoms with Crippen LogP contribution in [-0.4, -0.2) is 18.0 Å². The first-order valence-corrected chi connectivity index (χ1v) is 2.53. The molecule has 0 amide bonds. The number of Topliss-reactive ketones (excluding diaryl/α,β-unsaturated/α-hetero) is 1. The maximum Gasteiger partial charge on any atom is 0.315 e. The van der Waals surface area contributed by atoms with Crippen molar-refractivity contribution in [3.63, 3.8) is 0 Å². The standard InChI is InChI=1S/C6H6F2O2/c1-2-3-6(7,8)5(10)4-9/h2,4H,1,3H2. The van der Waals surface area contributed by atoms with Crippen LogP contribution in [0.5, 0.6) is 0 Å². The lowest BCUT2D eigenvalue weighted by Crippen LogP contribution is -2.28. The zero-order chi connectivity index (χ0) is 8.20. The summed E-state index contributed by atoms with van der Waals surface area (Å²) in [5.74, 6) is -5.27. The van der Waals surface area contributed by atoms with Gasteiger partial charge in [-0.15, -0.1) is 6.58 Å². The minimum absolute atomic E-state index is 0.385. The summed E-state index contributed by atoms with van der Waals surface area (Å²) in [7, 11) is 0. The molecule has 56 valence electrons. The Morgan fingerprint density at radius 1 is 1.60 bits per heavy atom. The van der Waals surface area contributed by atoms with Gasteiger partial charge in [0.15, 0.2) is 6.29 Å². The number of allylic oxidation sites excluding steroid dienone is 1. The minimum atomic E-state index is -3.57. The van der Waals surface area contributed by atoms with Crippen LogP contribution in [-0.2, 0) is 9.59 Å². The van der Waals surface area contributed by atoms with E-state index in [0.29, 0.717) is 0 Å². The second-order valence-electron chi connectivity index (χ2n) is 1.68. The first-order valence-electron chi connectivity index (χ1n) is 2.53. The van der Waals surface area contributed by atoms with Gasteiger partial charge in [0.1, 0.15) is 0 Å². The first kappa shape index (κ1) is 8.94. The van der Waals surface area contributed by atoms with E-state index in [-0.39, 0.29) is 6.29 Å². The highest BCUT2D eigenvalue weighted by Gasteiger charge is 2.36. The van der Waals surface area contributed by atoms with Gasteiger partial charge in [0, 0.05) is 6.42 Å². The quantitative estimate of drug-likeness (QED) is 0.338. The average molecular weight is 148 g/mol. The summed E-state index contributed by atoms with van der Waals surface area (Å²) in [6, 6.07) is 0. The largest absolute Gasteiger partial charge is 0.315 e. The van der Waals surface area contributed by atoms with Crippen molar-refractivity contribution in [1.29, 1.82) is 0 Å². The van der Waals surface area contributed by atoms with Crippen molar-refractivity contribution in [2.75, 3.05) is 0 Å². The molecule has 0 heterocycles. The van der Waals surface area contributed by atoms with E-state index in [1.54, 1.807) is 0 Å². The molecule has 0 aliphatic carbocycles. The number of carbonyl (C=O) groups excluding carboxylic acids is 2. The molecular formula is C6H6F2O2. The van der Waals surface area contributed by atoms with Crippen molar-refractivity contribution in [3.05, 3.63) is 12.7 Å². The van der Waals surface area contributed by atoms with Crippen molar-refractivity contribution in [2.24, 2.45) is 0 Å². The highest BCUT2D eigenvalue weighted by Crippen LogP contribution is 2.18. The second-order valence-corrected chi connectivity index (χ2v) is 1.68. The second kappa shape index (κ2) is 3.20. The van der Waals surface area contributed by atoms with Gasteiger partial charge in [-0.2, -0.15) is 8.78 Å². The number of ketones is 1. The minimum Gasteiger partial charge on any atom is -0.294 e. The molecule has 0 atom stereocenters. The van der Waals surface area contributed by atoms with Crippen LogP contribution in [0.2, 0.25) is 0 Å². The molecule has 10 heavy (non-hydrogen) atoms. The van der Waals surface area contributed by atoms with Crippen molar-refractivity contribution in [2.45, 2.75) is 12.3 Å². The normalized spacial score (nSPS) is 10.6. The van der Waals surface area contributed by atoms with Gasteiger partial charge in [0.25, 0.3) is 5.78 Å². The Kier molecular flexibility index (Phi) is 2.86. The lowest BCUT2D eigenvalue weighted by molar-refractivity contribution is -0.147. The Morgan fingerprint density at radius 2 is 2.10 bits per heavy atom. The van der Waals surface area contributed by atoms with Crippen molar-refractivity contribution in [1.82, 2.24) is 0 Å². The van der Waals surface area contributed by atoms with Gasteiger partial charge in [0.05, 0.1) is 0 Å². The number of aldehydes is 1. The molecule has 0 unspecified atom stereocenters. The highest BCUT2D eigenvalue weighted by atomic mass is 19.3. The van der Waals surface area contributed by atoms with Gasteiger partial charge in [-0.25, -0.2) is 0 Å². The predicted octanol–water partition coefficient (Wildman–Crippen LogP) is 0.966. The van der Waals surface area contributed by atoms with Gasteiger partial charge in [-0.05, 0) is 0 Å². The Morgan fingerprint density at radius 3 is 2.40 bits per heavy atom. The van der Waals surface area contributed by atoms with E-state index in [2.05, 4.69) is 6.58 Å². The molecule has 0 aromatic heterocycles. The molecule has 0 aliphatic heterocycles. The third-order valence-electron chi connectivity index (χ3n) is 0.868. The molecule has 0 bridgehead atoms. The number of hydrogen-bond donors (Lipinski definition) is 0. The van der Waals surface area contributed by atoms with Crippen LogP contribution >= 0.6 is 0 Å². The molecule has 0 saturated heterocycles. The fourth-order valence-corrected chi connectivity index (χ4v) is 0.368. The van der Waals surface area contributed by atoms with E-state index in [9.17, 15) is 18.4 Å². The van der Waals surface area contributed by atoms with E-state index in [1.807, 2.05) is 0 Å². The number of alkyl halides is 2. The van der Waals surface area contributed by atoms with Gasteiger partial charge in [-0.3, -0.25) is 9.59 Å². The zero-order valence-electron chi connectivity index (χ0n) is 5.14. The first-order chi connectivity index (χ1) is 4.54. The molecule has 0 radical (unpaired) electrons. The third-order valence-corrected chi connectivity index (χ3v) is 0.868. The summed E-state index contributed by atoms with van der Waals surface area (Å²) in [5, 5.41) is 0. The molecule has 0 fully saturated rings. The summed E-state index contributed by atoms with van der Waals surface area (Å²) in [5.41, 5.74) is 0. The van der Waals surface area contributed by atoms with Crippen LogP contribution in [0.1, 0.15) is 6.42 Å². The summed E-state index contributed by atoms with van der Waals surface area (Å²) in [4.78, 5) is 19.6. The van der Waals surface area contributed by atoms with Crippen molar-refractivity contribution < 1.29 is 18.4 Å². The SMILES string of the molecule is C=CCC(F)(F)C(=O)C=O. The summed E-state index contributed by atoms with van der Waals surface area (Å²) >= 11 is 0. The lowest BCUT2D eigenvalue weighted by atomic mass is 10.2. The Bertz CT molecular complexity index is 163.